The largest absolute Gasteiger partial charge is 0.350 e. The molecule has 3 heterocycles. The molecule has 8 heteroatoms. The highest BCUT2D eigenvalue weighted by molar-refractivity contribution is 7.99. The summed E-state index contributed by atoms with van der Waals surface area (Å²) in [5.41, 5.74) is 2.03. The standard InChI is InChI=1S/C21H19N5OS2/c27-19(23-13-18-9-5-11-28-18)15-29-21-25-24-20(17-8-4-10-22-12-17)26(21)14-16-6-2-1-3-7-16/h1-12H,13-15H2,(H,23,27). The highest BCUT2D eigenvalue weighted by atomic mass is 32.2. The number of thiophene rings is 1. The van der Waals surface area contributed by atoms with E-state index in [-0.39, 0.29) is 11.7 Å². The first-order valence-electron chi connectivity index (χ1n) is 9.09. The van der Waals surface area contributed by atoms with Crippen LogP contribution in [0.5, 0.6) is 0 Å². The van der Waals surface area contributed by atoms with Crippen LogP contribution in [0.4, 0.5) is 0 Å². The molecular formula is C21H19N5OS2. The SMILES string of the molecule is O=C(CSc1nnc(-c2cccnc2)n1Cc1ccccc1)NCc1cccs1. The lowest BCUT2D eigenvalue weighted by atomic mass is 10.2. The molecule has 1 aromatic carbocycles. The van der Waals surface area contributed by atoms with Gasteiger partial charge in [0.2, 0.25) is 5.91 Å². The summed E-state index contributed by atoms with van der Waals surface area (Å²) in [6.07, 6.45) is 3.50. The Balaban J connectivity index is 1.50. The molecule has 0 radical (unpaired) electrons. The monoisotopic (exact) mass is 421 g/mol. The van der Waals surface area contributed by atoms with Crippen LogP contribution in [0.3, 0.4) is 0 Å². The minimum Gasteiger partial charge on any atom is -0.350 e. The van der Waals surface area contributed by atoms with Crippen molar-refractivity contribution in [2.45, 2.75) is 18.2 Å². The van der Waals surface area contributed by atoms with E-state index < -0.39 is 0 Å². The number of hydrogen-bond acceptors (Lipinski definition) is 6. The molecule has 0 aliphatic carbocycles. The molecule has 0 saturated carbocycles. The van der Waals surface area contributed by atoms with E-state index in [9.17, 15) is 4.79 Å². The average Bonchev–Trinajstić information content (AvgIpc) is 3.42. The highest BCUT2D eigenvalue weighted by Crippen LogP contribution is 2.24. The van der Waals surface area contributed by atoms with Crippen LogP contribution in [0.15, 0.2) is 77.5 Å². The Bertz CT molecular complexity index is 1050. The number of hydrogen-bond donors (Lipinski definition) is 1. The Labute approximate surface area is 177 Å². The number of pyridine rings is 1. The first-order chi connectivity index (χ1) is 14.3. The molecule has 1 N–H and O–H groups in total. The minimum absolute atomic E-state index is 0.0272. The second kappa shape index (κ2) is 9.49. The summed E-state index contributed by atoms with van der Waals surface area (Å²) < 4.78 is 2.03. The molecule has 3 aromatic heterocycles. The van der Waals surface area contributed by atoms with Crippen molar-refractivity contribution in [1.82, 2.24) is 25.1 Å². The lowest BCUT2D eigenvalue weighted by Crippen LogP contribution is -2.24. The van der Waals surface area contributed by atoms with Crippen LogP contribution < -0.4 is 5.32 Å². The van der Waals surface area contributed by atoms with Gasteiger partial charge in [0, 0.05) is 22.8 Å². The summed E-state index contributed by atoms with van der Waals surface area (Å²) in [5, 5.41) is 14.4. The number of rotatable bonds is 8. The number of nitrogens with zero attached hydrogens (tertiary/aromatic N) is 4. The van der Waals surface area contributed by atoms with E-state index in [1.54, 1.807) is 23.7 Å². The van der Waals surface area contributed by atoms with Gasteiger partial charge >= 0.3 is 0 Å². The van der Waals surface area contributed by atoms with Crippen LogP contribution in [-0.2, 0) is 17.9 Å². The number of nitrogens with one attached hydrogen (secondary N) is 1. The van der Waals surface area contributed by atoms with Crippen molar-refractivity contribution in [3.05, 3.63) is 82.8 Å². The molecule has 0 fully saturated rings. The molecule has 0 aliphatic heterocycles. The number of aromatic nitrogens is 4. The van der Waals surface area contributed by atoms with E-state index in [4.69, 9.17) is 0 Å². The molecule has 0 aliphatic rings. The topological polar surface area (TPSA) is 72.7 Å². The average molecular weight is 422 g/mol. The maximum atomic E-state index is 12.3. The molecule has 0 spiro atoms. The van der Waals surface area contributed by atoms with Gasteiger partial charge in [-0.3, -0.25) is 14.3 Å². The molecule has 0 unspecified atom stereocenters. The van der Waals surface area contributed by atoms with Crippen LogP contribution in [-0.4, -0.2) is 31.4 Å². The summed E-state index contributed by atoms with van der Waals surface area (Å²) in [4.78, 5) is 17.6. The van der Waals surface area contributed by atoms with E-state index in [1.807, 2.05) is 52.4 Å². The van der Waals surface area contributed by atoms with E-state index in [2.05, 4.69) is 32.6 Å². The van der Waals surface area contributed by atoms with E-state index in [1.165, 1.54) is 11.8 Å². The zero-order valence-electron chi connectivity index (χ0n) is 15.6. The molecule has 4 rings (SSSR count). The Morgan fingerprint density at radius 3 is 2.72 bits per heavy atom. The Hall–Kier alpha value is -2.97. The molecule has 146 valence electrons. The van der Waals surface area contributed by atoms with Gasteiger partial charge in [0.25, 0.3) is 0 Å². The van der Waals surface area contributed by atoms with Crippen molar-refractivity contribution in [2.75, 3.05) is 5.75 Å². The quantitative estimate of drug-likeness (QED) is 0.438. The van der Waals surface area contributed by atoms with E-state index >= 15 is 0 Å². The highest BCUT2D eigenvalue weighted by Gasteiger charge is 2.16. The third kappa shape index (κ3) is 5.10. The lowest BCUT2D eigenvalue weighted by Gasteiger charge is -2.10. The second-order valence-corrected chi connectivity index (χ2v) is 8.24. The van der Waals surface area contributed by atoms with Crippen molar-refractivity contribution in [2.24, 2.45) is 0 Å². The molecule has 1 amide bonds. The van der Waals surface area contributed by atoms with Gasteiger partial charge in [0.1, 0.15) is 0 Å². The number of thioether (sulfide) groups is 1. The van der Waals surface area contributed by atoms with Crippen molar-refractivity contribution >= 4 is 29.0 Å². The van der Waals surface area contributed by atoms with Gasteiger partial charge in [-0.1, -0.05) is 48.2 Å². The van der Waals surface area contributed by atoms with Crippen molar-refractivity contribution in [1.29, 1.82) is 0 Å². The van der Waals surface area contributed by atoms with Crippen molar-refractivity contribution in [3.8, 4) is 11.4 Å². The number of benzene rings is 1. The summed E-state index contributed by atoms with van der Waals surface area (Å²) >= 11 is 3.02. The molecule has 6 nitrogen and oxygen atoms in total. The predicted molar refractivity (Wildman–Crippen MR) is 116 cm³/mol. The van der Waals surface area contributed by atoms with E-state index in [0.717, 1.165) is 21.8 Å². The number of carbonyl (C=O) groups excluding carboxylic acids is 1. The van der Waals surface area contributed by atoms with Gasteiger partial charge in [0.15, 0.2) is 11.0 Å². The summed E-state index contributed by atoms with van der Waals surface area (Å²) in [6, 6.07) is 18.0. The molecule has 0 bridgehead atoms. The first-order valence-corrected chi connectivity index (χ1v) is 11.0. The maximum Gasteiger partial charge on any atom is 0.230 e. The fraction of sp³-hybridized carbons (Fsp3) is 0.143. The summed E-state index contributed by atoms with van der Waals surface area (Å²) in [5.74, 6) is 0.995. The van der Waals surface area contributed by atoms with Crippen LogP contribution in [0, 0.1) is 0 Å². The number of amides is 1. The Morgan fingerprint density at radius 2 is 1.97 bits per heavy atom. The van der Waals surface area contributed by atoms with Crippen LogP contribution >= 0.6 is 23.1 Å². The maximum absolute atomic E-state index is 12.3. The zero-order valence-corrected chi connectivity index (χ0v) is 17.2. The smallest absolute Gasteiger partial charge is 0.230 e. The van der Waals surface area contributed by atoms with Gasteiger partial charge in [-0.05, 0) is 29.1 Å². The molecule has 0 saturated heterocycles. The van der Waals surface area contributed by atoms with Crippen molar-refractivity contribution < 1.29 is 4.79 Å². The molecular weight excluding hydrogens is 402 g/mol. The third-order valence-corrected chi connectivity index (χ3v) is 6.04. The molecule has 4 aromatic rings. The Kier molecular flexibility index (Phi) is 6.33. The van der Waals surface area contributed by atoms with E-state index in [0.29, 0.717) is 18.2 Å². The van der Waals surface area contributed by atoms with Crippen LogP contribution in [0.1, 0.15) is 10.4 Å². The zero-order chi connectivity index (χ0) is 19.9. The van der Waals surface area contributed by atoms with Crippen molar-refractivity contribution in [3.63, 3.8) is 0 Å². The van der Waals surface area contributed by atoms with Gasteiger partial charge in [-0.25, -0.2) is 0 Å². The van der Waals surface area contributed by atoms with Gasteiger partial charge in [-0.15, -0.1) is 21.5 Å². The van der Waals surface area contributed by atoms with Gasteiger partial charge < -0.3 is 5.32 Å². The summed E-state index contributed by atoms with van der Waals surface area (Å²) in [7, 11) is 0. The van der Waals surface area contributed by atoms with Crippen LogP contribution in [0.25, 0.3) is 11.4 Å². The fourth-order valence-corrected chi connectivity index (χ4v) is 4.20. The van der Waals surface area contributed by atoms with Gasteiger partial charge in [-0.2, -0.15) is 0 Å². The van der Waals surface area contributed by atoms with Crippen LogP contribution in [0.2, 0.25) is 0 Å². The fourth-order valence-electron chi connectivity index (χ4n) is 2.79. The summed E-state index contributed by atoms with van der Waals surface area (Å²) in [6.45, 7) is 1.17. The predicted octanol–water partition coefficient (Wildman–Crippen LogP) is 3.86. The lowest BCUT2D eigenvalue weighted by molar-refractivity contribution is -0.118. The molecule has 0 atom stereocenters. The van der Waals surface area contributed by atoms with Gasteiger partial charge in [0.05, 0.1) is 18.8 Å². The Morgan fingerprint density at radius 1 is 1.07 bits per heavy atom. The minimum atomic E-state index is -0.0272. The second-order valence-electron chi connectivity index (χ2n) is 6.26. The number of carbonyl (C=O) groups is 1. The normalized spacial score (nSPS) is 10.8. The molecule has 29 heavy (non-hydrogen) atoms. The third-order valence-electron chi connectivity index (χ3n) is 4.19. The first kappa shape index (κ1) is 19.4.